The molecule has 1 fully saturated rings. The third-order valence-electron chi connectivity index (χ3n) is 5.10. The Kier molecular flexibility index (Phi) is 14.4. The molecule has 8 N–H and O–H groups in total. The predicted octanol–water partition coefficient (Wildman–Crippen LogP) is -0.854. The maximum Gasteiger partial charge on any atom is 0.352 e. The Labute approximate surface area is 258 Å². The number of hydrogen-bond donors (Lipinski definition) is 5. The van der Waals surface area contributed by atoms with Crippen LogP contribution in [0.15, 0.2) is 27.0 Å². The average Bonchev–Trinajstić information content (AvgIpc) is 3.51. The lowest BCUT2D eigenvalue weighted by Crippen LogP contribution is -2.71. The van der Waals surface area contributed by atoms with E-state index in [2.05, 4.69) is 31.0 Å². The van der Waals surface area contributed by atoms with Gasteiger partial charge in [-0.1, -0.05) is 16.9 Å². The molecular weight excluding hydrogens is 653 g/mol. The number of thioether (sulfide) groups is 2. The predicted molar refractivity (Wildman–Crippen MR) is 157 cm³/mol. The number of fused-ring (bicyclic) bond motifs is 1. The molecule has 16 nitrogen and oxygen atoms in total. The number of halogens is 3. The number of oxime groups is 1. The summed E-state index contributed by atoms with van der Waals surface area (Å²) in [4.78, 5) is 48.4. The molecule has 4 rings (SSSR count). The van der Waals surface area contributed by atoms with E-state index in [-0.39, 0.29) is 78.4 Å². The van der Waals surface area contributed by atoms with Crippen LogP contribution in [0.2, 0.25) is 0 Å². The first-order valence-corrected chi connectivity index (χ1v) is 13.7. The molecule has 2 aromatic rings. The van der Waals surface area contributed by atoms with Gasteiger partial charge in [-0.15, -0.1) is 65.4 Å². The first-order valence-electron chi connectivity index (χ1n) is 10.8. The fourth-order valence-electron chi connectivity index (χ4n) is 3.48. The standard InChI is InChI=1S/C18H23N11O5S3.3ClH/c19-1-3-28-18(24-26-27-28)37-6-8-5-35-15-11(14(31)29(15)12(8)16(32)33)23-13(30)10(25-34-4-2-20)9-7-36-17(21)22-9;;;/h7,11,15H,1-6,19-20H2,(H2,21,22)(H,23,30)(H,32,33);3*1H/t11?,15-;;;/m1.../s1. The van der Waals surface area contributed by atoms with E-state index in [9.17, 15) is 19.5 Å². The summed E-state index contributed by atoms with van der Waals surface area (Å²) in [6, 6.07) is -0.964. The zero-order valence-corrected chi connectivity index (χ0v) is 25.3. The number of nitrogen functional groups attached to an aromatic ring is 1. The van der Waals surface area contributed by atoms with Crippen molar-refractivity contribution in [3.05, 3.63) is 22.3 Å². The number of nitrogens with one attached hydrogen (secondary N) is 1. The molecule has 22 heteroatoms. The van der Waals surface area contributed by atoms with Crippen molar-refractivity contribution in [2.24, 2.45) is 16.6 Å². The number of aliphatic carboxylic acids is 1. The number of carbonyl (C=O) groups excluding carboxylic acids is 2. The second kappa shape index (κ2) is 16.2. The fourth-order valence-corrected chi connectivity index (χ4v) is 6.42. The largest absolute Gasteiger partial charge is 0.477 e. The fraction of sp³-hybridized carbons (Fsp3) is 0.444. The SMILES string of the molecule is Cl.Cl.Cl.NCCON=C(C(=O)NC1C(=O)N2C(C(=O)O)=C(CSc3nnnn3CCN)CS[C@H]12)c1csc(N)n1. The van der Waals surface area contributed by atoms with Crippen molar-refractivity contribution in [1.29, 1.82) is 0 Å². The van der Waals surface area contributed by atoms with Gasteiger partial charge >= 0.3 is 5.97 Å². The van der Waals surface area contributed by atoms with Crippen molar-refractivity contribution >= 4 is 101 Å². The molecule has 2 aromatic heterocycles. The molecule has 0 bridgehead atoms. The van der Waals surface area contributed by atoms with E-state index in [1.807, 2.05) is 0 Å². The second-order valence-corrected chi connectivity index (χ2v) is 10.5. The highest BCUT2D eigenvalue weighted by atomic mass is 35.5. The van der Waals surface area contributed by atoms with Crippen molar-refractivity contribution in [1.82, 2.24) is 35.4 Å². The number of carbonyl (C=O) groups is 3. The molecule has 0 saturated carbocycles. The molecule has 0 aliphatic carbocycles. The van der Waals surface area contributed by atoms with Gasteiger partial charge in [-0.3, -0.25) is 14.5 Å². The number of tetrazole rings is 1. The molecule has 1 unspecified atom stereocenters. The molecule has 222 valence electrons. The molecule has 40 heavy (non-hydrogen) atoms. The molecule has 2 aliphatic heterocycles. The van der Waals surface area contributed by atoms with Gasteiger partial charge in [0.15, 0.2) is 10.8 Å². The van der Waals surface area contributed by atoms with Gasteiger partial charge in [-0.2, -0.15) is 0 Å². The van der Waals surface area contributed by atoms with Crippen molar-refractivity contribution in [3.63, 3.8) is 0 Å². The number of β-lactam (4-membered cyclic amide) rings is 1. The first kappa shape index (κ1) is 35.6. The molecule has 2 aliphatic rings. The number of rotatable bonds is 12. The molecule has 0 aromatic carbocycles. The van der Waals surface area contributed by atoms with Crippen LogP contribution in [-0.4, -0.2) is 101 Å². The van der Waals surface area contributed by atoms with Crippen molar-refractivity contribution in [2.45, 2.75) is 23.1 Å². The van der Waals surface area contributed by atoms with E-state index in [0.29, 0.717) is 29.6 Å². The number of anilines is 1. The molecule has 0 spiro atoms. The lowest BCUT2D eigenvalue weighted by molar-refractivity contribution is -0.150. The smallest absolute Gasteiger partial charge is 0.352 e. The van der Waals surface area contributed by atoms with Crippen LogP contribution in [-0.2, 0) is 25.8 Å². The van der Waals surface area contributed by atoms with E-state index < -0.39 is 29.2 Å². The molecule has 4 heterocycles. The number of carboxylic acids is 1. The van der Waals surface area contributed by atoms with Gasteiger partial charge in [0.05, 0.1) is 6.54 Å². The van der Waals surface area contributed by atoms with Gasteiger partial charge < -0.3 is 32.5 Å². The van der Waals surface area contributed by atoms with Crippen LogP contribution in [0.3, 0.4) is 0 Å². The van der Waals surface area contributed by atoms with E-state index in [1.165, 1.54) is 38.5 Å². The molecule has 2 atom stereocenters. The van der Waals surface area contributed by atoms with E-state index >= 15 is 0 Å². The highest BCUT2D eigenvalue weighted by Crippen LogP contribution is 2.41. The Balaban J connectivity index is 0.00000267. The normalized spacial score (nSPS) is 18.0. The van der Waals surface area contributed by atoms with Crippen LogP contribution in [0.4, 0.5) is 5.13 Å². The van der Waals surface area contributed by atoms with Crippen LogP contribution < -0.4 is 22.5 Å². The summed E-state index contributed by atoms with van der Waals surface area (Å²) in [6.07, 6.45) is 0. The number of aromatic nitrogens is 5. The van der Waals surface area contributed by atoms with Gasteiger partial charge in [0.25, 0.3) is 11.8 Å². The van der Waals surface area contributed by atoms with E-state index in [0.717, 1.165) is 11.3 Å². The monoisotopic (exact) mass is 677 g/mol. The minimum Gasteiger partial charge on any atom is -0.477 e. The minimum atomic E-state index is -1.24. The number of hydrogen-bond acceptors (Lipinski definition) is 15. The summed E-state index contributed by atoms with van der Waals surface area (Å²) < 4.78 is 1.52. The summed E-state index contributed by atoms with van der Waals surface area (Å²) in [5, 5.41) is 29.3. The topological polar surface area (TPSA) is 243 Å². The van der Waals surface area contributed by atoms with Crippen molar-refractivity contribution in [3.8, 4) is 0 Å². The van der Waals surface area contributed by atoms with Crippen LogP contribution in [0.5, 0.6) is 0 Å². The van der Waals surface area contributed by atoms with Crippen molar-refractivity contribution in [2.75, 3.05) is 36.9 Å². The third-order valence-corrected chi connectivity index (χ3v) is 8.15. The third kappa shape index (κ3) is 7.66. The quantitative estimate of drug-likeness (QED) is 0.0604. The van der Waals surface area contributed by atoms with Gasteiger partial charge in [-0.25, -0.2) is 14.5 Å². The number of carboxylic acid groups (broad SMARTS) is 1. The summed E-state index contributed by atoms with van der Waals surface area (Å²) >= 11 is 3.70. The van der Waals surface area contributed by atoms with Gasteiger partial charge in [-0.05, 0) is 16.0 Å². The van der Waals surface area contributed by atoms with Crippen LogP contribution in [0.1, 0.15) is 5.69 Å². The summed E-state index contributed by atoms with van der Waals surface area (Å²) in [5.41, 5.74) is 17.1. The van der Waals surface area contributed by atoms with Crippen LogP contribution in [0.25, 0.3) is 0 Å². The Hall–Kier alpha value is -2.39. The lowest BCUT2D eigenvalue weighted by Gasteiger charge is -2.49. The maximum absolute atomic E-state index is 13.0. The Morgan fingerprint density at radius 1 is 1.27 bits per heavy atom. The lowest BCUT2D eigenvalue weighted by atomic mass is 10.0. The highest BCUT2D eigenvalue weighted by Gasteiger charge is 2.54. The van der Waals surface area contributed by atoms with Crippen molar-refractivity contribution < 1.29 is 24.3 Å². The van der Waals surface area contributed by atoms with E-state index in [4.69, 9.17) is 22.0 Å². The zero-order valence-electron chi connectivity index (χ0n) is 20.4. The Morgan fingerprint density at radius 3 is 2.65 bits per heavy atom. The molecule has 0 radical (unpaired) electrons. The van der Waals surface area contributed by atoms with Gasteiger partial charge in [0, 0.05) is 30.0 Å². The second-order valence-electron chi connectivity index (χ2n) is 7.51. The summed E-state index contributed by atoms with van der Waals surface area (Å²) in [7, 11) is 0. The molecular formula is C18H26Cl3N11O5S3. The molecule has 2 amide bonds. The first-order chi connectivity index (χ1) is 17.8. The maximum atomic E-state index is 13.0. The number of thiazole rings is 1. The summed E-state index contributed by atoms with van der Waals surface area (Å²) in [5.74, 6) is -1.92. The average molecular weight is 679 g/mol. The summed E-state index contributed by atoms with van der Waals surface area (Å²) in [6.45, 7) is 1.01. The number of amides is 2. The minimum absolute atomic E-state index is 0. The van der Waals surface area contributed by atoms with Crippen LogP contribution >= 0.6 is 72.1 Å². The van der Waals surface area contributed by atoms with Gasteiger partial charge in [0.1, 0.15) is 29.4 Å². The highest BCUT2D eigenvalue weighted by molar-refractivity contribution is 8.01. The van der Waals surface area contributed by atoms with Crippen LogP contribution in [0, 0.1) is 0 Å². The zero-order chi connectivity index (χ0) is 26.5. The Morgan fingerprint density at radius 2 is 2.02 bits per heavy atom. The molecule has 1 saturated heterocycles. The van der Waals surface area contributed by atoms with Gasteiger partial charge in [0.2, 0.25) is 5.16 Å². The number of nitrogens with zero attached hydrogens (tertiary/aromatic N) is 7. The Bertz CT molecular complexity index is 1260. The van der Waals surface area contributed by atoms with E-state index in [1.54, 1.807) is 0 Å². The number of nitrogens with two attached hydrogens (primary N) is 3.